The number of nitrogens with zero attached hydrogens (tertiary/aromatic N) is 3. The van der Waals surface area contributed by atoms with E-state index in [-0.39, 0.29) is 39.3 Å². The minimum absolute atomic E-state index is 0.0152. The van der Waals surface area contributed by atoms with Crippen LogP contribution in [0.25, 0.3) is 72.7 Å². The van der Waals surface area contributed by atoms with Crippen LogP contribution in [-0.4, -0.2) is 21.6 Å². The Labute approximate surface area is 385 Å². The average Bonchev–Trinajstić information content (AvgIpc) is 3.70. The summed E-state index contributed by atoms with van der Waals surface area (Å²) in [5, 5.41) is 0. The third-order valence-electron chi connectivity index (χ3n) is 11.5. The maximum atomic E-state index is 9.51. The first kappa shape index (κ1) is 30.7. The molecular formula is C58H61N3O. The zero-order chi connectivity index (χ0) is 53.8. The minimum Gasteiger partial charge on any atom is -0.496 e. The summed E-state index contributed by atoms with van der Waals surface area (Å²) in [5.74, 6) is 1.03. The molecule has 0 aliphatic rings. The van der Waals surface area contributed by atoms with Gasteiger partial charge in [0.05, 0.1) is 46.1 Å². The molecule has 62 heavy (non-hydrogen) atoms. The number of aromatic nitrogens is 3. The van der Waals surface area contributed by atoms with E-state index in [9.17, 15) is 1.37 Å². The van der Waals surface area contributed by atoms with Gasteiger partial charge in [0.2, 0.25) is 0 Å². The summed E-state index contributed by atoms with van der Waals surface area (Å²) >= 11 is 0. The molecular weight excluding hydrogens is 755 g/mol. The Morgan fingerprint density at radius 2 is 1.26 bits per heavy atom. The first-order valence-electron chi connectivity index (χ1n) is 26.5. The highest BCUT2D eigenvalue weighted by Gasteiger charge is 2.25. The van der Waals surface area contributed by atoms with E-state index in [1.54, 1.807) is 13.2 Å². The molecule has 4 nitrogen and oxygen atoms in total. The van der Waals surface area contributed by atoms with Crippen molar-refractivity contribution in [2.45, 2.75) is 99.3 Å². The van der Waals surface area contributed by atoms with Gasteiger partial charge in [-0.2, -0.15) is 0 Å². The Hall–Kier alpha value is -6.26. The largest absolute Gasteiger partial charge is 0.496 e. The van der Waals surface area contributed by atoms with Crippen LogP contribution in [-0.2, 0) is 16.2 Å². The second kappa shape index (κ2) is 15.9. The molecule has 0 aliphatic carbocycles. The standard InChI is InChI=1S/C58H61N3O/c1-36-26-38(3)54(62-13)49(27-36)55-60-53-48(43-29-44(33-45(32-43)56(4,5)6)50-34-41(24-25-59-50)39-18-15-14-16-19-39)20-17-21-52(53)61(55)51-23-22-40(28-37(51)2)42-30-46(57(7,8)9)35-47(31-42)58(10,11)12/h14-35H,1-13H3/i2D3,14D,15D,16D,18D,19D,24D,25D,34D. The Morgan fingerprint density at radius 3 is 1.92 bits per heavy atom. The summed E-state index contributed by atoms with van der Waals surface area (Å²) in [6, 6.07) is 23.6. The van der Waals surface area contributed by atoms with Crippen LogP contribution in [0.15, 0.2) is 133 Å². The summed E-state index contributed by atoms with van der Waals surface area (Å²) in [5.41, 5.74) is 9.16. The fourth-order valence-electron chi connectivity index (χ4n) is 8.03. The second-order valence-corrected chi connectivity index (χ2v) is 19.4. The SMILES string of the molecule is [2H]c1nc(-c2cc(-c3cccc4c3nc(-c3cc(C)cc(C)c3OC)n4-c3ccc(-c4cc(C(C)(C)C)cc(C(C)(C)C)c4)cc3C([2H])([2H])[2H])cc(C(C)(C)C)c2)c([2H])c(-c2c([2H])c([2H])c([2H])c([2H])c2[2H])c1[2H]. The van der Waals surface area contributed by atoms with Crippen molar-refractivity contribution in [2.24, 2.45) is 0 Å². The quantitative estimate of drug-likeness (QED) is 0.161. The number of hydrogen-bond acceptors (Lipinski definition) is 3. The van der Waals surface area contributed by atoms with E-state index in [0.717, 1.165) is 38.9 Å². The molecule has 0 saturated heterocycles. The zero-order valence-electron chi connectivity index (χ0n) is 48.8. The highest BCUT2D eigenvalue weighted by molar-refractivity contribution is 5.97. The van der Waals surface area contributed by atoms with Gasteiger partial charge in [-0.05, 0) is 147 Å². The zero-order valence-corrected chi connectivity index (χ0v) is 37.8. The van der Waals surface area contributed by atoms with Gasteiger partial charge >= 0.3 is 0 Å². The topological polar surface area (TPSA) is 39.9 Å². The van der Waals surface area contributed by atoms with Crippen LogP contribution in [0.5, 0.6) is 5.75 Å². The Kier molecular flexibility index (Phi) is 7.87. The third kappa shape index (κ3) is 8.23. The Balaban J connectivity index is 1.44. The molecule has 0 unspecified atom stereocenters. The van der Waals surface area contributed by atoms with Gasteiger partial charge in [0.25, 0.3) is 0 Å². The van der Waals surface area contributed by atoms with Crippen LogP contribution in [0, 0.1) is 20.7 Å². The molecule has 0 radical (unpaired) electrons. The van der Waals surface area contributed by atoms with Crippen molar-refractivity contribution in [3.63, 3.8) is 0 Å². The van der Waals surface area contributed by atoms with Gasteiger partial charge in [-0.1, -0.05) is 141 Å². The lowest BCUT2D eigenvalue weighted by atomic mass is 9.79. The van der Waals surface area contributed by atoms with Crippen LogP contribution in [0.2, 0.25) is 0 Å². The van der Waals surface area contributed by atoms with E-state index in [0.29, 0.717) is 50.5 Å². The van der Waals surface area contributed by atoms with Crippen molar-refractivity contribution >= 4 is 11.0 Å². The van der Waals surface area contributed by atoms with E-state index in [4.69, 9.17) is 23.4 Å². The maximum absolute atomic E-state index is 9.51. The van der Waals surface area contributed by atoms with E-state index in [2.05, 4.69) is 64.7 Å². The van der Waals surface area contributed by atoms with Gasteiger partial charge in [-0.3, -0.25) is 9.55 Å². The summed E-state index contributed by atoms with van der Waals surface area (Å²) < 4.78 is 105. The lowest BCUT2D eigenvalue weighted by molar-refractivity contribution is 0.413. The number of para-hydroxylation sites is 1. The van der Waals surface area contributed by atoms with E-state index in [1.807, 2.05) is 99.8 Å². The number of aryl methyl sites for hydroxylation is 3. The van der Waals surface area contributed by atoms with Gasteiger partial charge in [0, 0.05) is 21.4 Å². The number of hydrogen-bond donors (Lipinski definition) is 0. The molecule has 0 aliphatic heterocycles. The molecule has 8 rings (SSSR count). The van der Waals surface area contributed by atoms with Crippen LogP contribution >= 0.6 is 0 Å². The van der Waals surface area contributed by atoms with Crippen molar-refractivity contribution in [3.8, 4) is 67.5 Å². The molecule has 314 valence electrons. The van der Waals surface area contributed by atoms with Gasteiger partial charge in [0.1, 0.15) is 11.6 Å². The molecule has 2 heterocycles. The summed E-state index contributed by atoms with van der Waals surface area (Å²) in [4.78, 5) is 9.89. The van der Waals surface area contributed by atoms with Gasteiger partial charge in [-0.15, -0.1) is 0 Å². The van der Waals surface area contributed by atoms with E-state index >= 15 is 0 Å². The predicted molar refractivity (Wildman–Crippen MR) is 263 cm³/mol. The lowest BCUT2D eigenvalue weighted by Crippen LogP contribution is -2.16. The summed E-state index contributed by atoms with van der Waals surface area (Å²) in [6.45, 7) is 20.5. The van der Waals surface area contributed by atoms with Crippen LogP contribution < -0.4 is 4.74 Å². The summed E-state index contributed by atoms with van der Waals surface area (Å²) in [7, 11) is 1.60. The van der Waals surface area contributed by atoms with Crippen LogP contribution in [0.3, 0.4) is 0 Å². The molecule has 2 aromatic heterocycles. The molecule has 0 fully saturated rings. The third-order valence-corrected chi connectivity index (χ3v) is 11.5. The number of imidazole rings is 1. The fourth-order valence-corrected chi connectivity index (χ4v) is 8.03. The van der Waals surface area contributed by atoms with Crippen molar-refractivity contribution < 1.29 is 19.8 Å². The average molecular weight is 827 g/mol. The smallest absolute Gasteiger partial charge is 0.149 e. The van der Waals surface area contributed by atoms with Crippen molar-refractivity contribution in [1.82, 2.24) is 14.5 Å². The molecule has 6 aromatic carbocycles. The monoisotopic (exact) mass is 827 g/mol. The van der Waals surface area contributed by atoms with E-state index < -0.39 is 54.7 Å². The molecule has 0 amide bonds. The number of fused-ring (bicyclic) bond motifs is 1. The Morgan fingerprint density at radius 1 is 0.597 bits per heavy atom. The number of pyridine rings is 1. The number of benzene rings is 6. The highest BCUT2D eigenvalue weighted by atomic mass is 16.5. The van der Waals surface area contributed by atoms with Gasteiger partial charge < -0.3 is 4.74 Å². The highest BCUT2D eigenvalue weighted by Crippen LogP contribution is 2.43. The summed E-state index contributed by atoms with van der Waals surface area (Å²) in [6.07, 6.45) is -0.531. The minimum atomic E-state index is -2.58. The second-order valence-electron chi connectivity index (χ2n) is 19.4. The number of methoxy groups -OCH3 is 1. The van der Waals surface area contributed by atoms with Crippen molar-refractivity contribution in [2.75, 3.05) is 7.11 Å². The normalized spacial score (nSPS) is 15.0. The molecule has 0 bridgehead atoms. The Bertz CT molecular complexity index is 3490. The maximum Gasteiger partial charge on any atom is 0.149 e. The number of rotatable bonds is 7. The first-order chi connectivity index (χ1) is 33.8. The molecule has 0 N–H and O–H groups in total. The molecule has 0 atom stereocenters. The van der Waals surface area contributed by atoms with Crippen molar-refractivity contribution in [1.29, 1.82) is 0 Å². The molecule has 0 spiro atoms. The molecule has 0 saturated carbocycles. The predicted octanol–water partition coefficient (Wildman–Crippen LogP) is 15.6. The molecule has 8 aromatic rings. The van der Waals surface area contributed by atoms with Gasteiger partial charge in [0.15, 0.2) is 0 Å². The van der Waals surface area contributed by atoms with Crippen molar-refractivity contribution in [3.05, 3.63) is 167 Å². The fraction of sp³-hybridized carbons (Fsp3) is 0.276. The lowest BCUT2D eigenvalue weighted by Gasteiger charge is -2.26. The molecule has 4 heteroatoms. The van der Waals surface area contributed by atoms with Gasteiger partial charge in [-0.25, -0.2) is 4.98 Å². The number of ether oxygens (including phenoxy) is 1. The first-order valence-corrected chi connectivity index (χ1v) is 21.0. The van der Waals surface area contributed by atoms with Crippen LogP contribution in [0.1, 0.15) is 111 Å². The van der Waals surface area contributed by atoms with Crippen LogP contribution in [0.4, 0.5) is 0 Å². The van der Waals surface area contributed by atoms with E-state index in [1.165, 1.54) is 0 Å².